The lowest BCUT2D eigenvalue weighted by Crippen LogP contribution is -2.43. The first kappa shape index (κ1) is 26.3. The molecule has 0 bridgehead atoms. The molecule has 0 spiro atoms. The van der Waals surface area contributed by atoms with Crippen molar-refractivity contribution >= 4 is 52.2 Å². The molecule has 11 heteroatoms. The first-order valence-electron chi connectivity index (χ1n) is 10.00. The van der Waals surface area contributed by atoms with E-state index in [4.69, 9.17) is 9.47 Å². The Kier molecular flexibility index (Phi) is 9.86. The minimum atomic E-state index is -1.48. The van der Waals surface area contributed by atoms with Crippen molar-refractivity contribution in [2.45, 2.75) is 23.8 Å². The second kappa shape index (κ2) is 12.4. The molecule has 1 saturated heterocycles. The van der Waals surface area contributed by atoms with E-state index in [-0.39, 0.29) is 54.9 Å². The summed E-state index contributed by atoms with van der Waals surface area (Å²) in [5.74, 6) is -1.48. The van der Waals surface area contributed by atoms with Crippen LogP contribution in [0.15, 0.2) is 48.4 Å². The van der Waals surface area contributed by atoms with Gasteiger partial charge in [0, 0.05) is 19.2 Å². The van der Waals surface area contributed by atoms with Gasteiger partial charge in [-0.3, -0.25) is 18.7 Å². The molecular formula is C22H26N2O7S2. The third kappa shape index (κ3) is 7.29. The number of hydrogen-bond donors (Lipinski definition) is 2. The number of carbonyl (C=O) groups is 4. The summed E-state index contributed by atoms with van der Waals surface area (Å²) < 4.78 is 22.3. The number of esters is 1. The Balaban J connectivity index is 2.30. The maximum Gasteiger partial charge on any atom is 0.410 e. The number of hydrogen-bond acceptors (Lipinski definition) is 7. The summed E-state index contributed by atoms with van der Waals surface area (Å²) in [5, 5.41) is 2.31. The van der Waals surface area contributed by atoms with Crippen molar-refractivity contribution in [1.82, 2.24) is 4.90 Å². The zero-order valence-electron chi connectivity index (χ0n) is 18.2. The molecule has 0 radical (unpaired) electrons. The third-order valence-corrected chi connectivity index (χ3v) is 5.99. The Morgan fingerprint density at radius 2 is 1.88 bits per heavy atom. The fourth-order valence-corrected chi connectivity index (χ4v) is 4.36. The summed E-state index contributed by atoms with van der Waals surface area (Å²) in [5.41, 5.74) is 0.301. The van der Waals surface area contributed by atoms with Gasteiger partial charge in [-0.05, 0) is 30.5 Å². The highest BCUT2D eigenvalue weighted by Gasteiger charge is 2.41. The highest BCUT2D eigenvalue weighted by Crippen LogP contribution is 2.29. The molecule has 178 valence electrons. The number of carbonyl (C=O) groups excluding carboxylic acids is 4. The summed E-state index contributed by atoms with van der Waals surface area (Å²) in [6, 6.07) is 3.34. The Hall–Kier alpha value is -2.92. The van der Waals surface area contributed by atoms with Gasteiger partial charge in [0.2, 0.25) is 5.91 Å². The van der Waals surface area contributed by atoms with Gasteiger partial charge >= 0.3 is 12.1 Å². The maximum absolute atomic E-state index is 13.1. The first-order chi connectivity index (χ1) is 15.7. The summed E-state index contributed by atoms with van der Waals surface area (Å²) in [6.45, 7) is 7.09. The van der Waals surface area contributed by atoms with Crippen molar-refractivity contribution in [3.05, 3.63) is 49.1 Å². The van der Waals surface area contributed by atoms with Crippen LogP contribution in [0.2, 0.25) is 0 Å². The number of benzene rings is 1. The van der Waals surface area contributed by atoms with Crippen molar-refractivity contribution in [2.75, 3.05) is 31.3 Å². The van der Waals surface area contributed by atoms with Gasteiger partial charge in [-0.15, -0.1) is 12.6 Å². The number of thiol groups is 1. The normalized spacial score (nSPS) is 18.2. The predicted octanol–water partition coefficient (Wildman–Crippen LogP) is 2.56. The highest BCUT2D eigenvalue weighted by molar-refractivity contribution is 7.96. The van der Waals surface area contributed by atoms with Gasteiger partial charge in [0.25, 0.3) is 0 Å². The van der Waals surface area contributed by atoms with Crippen LogP contribution in [0.1, 0.15) is 23.2 Å². The number of ether oxygens (including phenoxy) is 2. The summed E-state index contributed by atoms with van der Waals surface area (Å²) in [6.07, 6.45) is 3.84. The van der Waals surface area contributed by atoms with Crippen LogP contribution in [0.4, 0.5) is 10.5 Å². The van der Waals surface area contributed by atoms with Crippen LogP contribution in [0.3, 0.4) is 0 Å². The van der Waals surface area contributed by atoms with E-state index in [1.807, 2.05) is 0 Å². The molecule has 1 N–H and O–H groups in total. The van der Waals surface area contributed by atoms with Crippen LogP contribution in [-0.2, 0) is 29.9 Å². The van der Waals surface area contributed by atoms with Crippen LogP contribution < -0.4 is 5.32 Å². The van der Waals surface area contributed by atoms with Crippen LogP contribution in [0.5, 0.6) is 0 Å². The largest absolute Gasteiger partial charge is 0.458 e. The molecular weight excluding hydrogens is 468 g/mol. The molecule has 0 aliphatic carbocycles. The molecule has 2 rings (SSSR count). The average Bonchev–Trinajstić information content (AvgIpc) is 3.18. The van der Waals surface area contributed by atoms with E-state index < -0.39 is 34.8 Å². The zero-order chi connectivity index (χ0) is 24.5. The van der Waals surface area contributed by atoms with Crippen LogP contribution in [-0.4, -0.2) is 64.2 Å². The number of rotatable bonds is 10. The number of likely N-dealkylation sites (tertiary alicyclic amines) is 1. The van der Waals surface area contributed by atoms with Crippen molar-refractivity contribution in [3.63, 3.8) is 0 Å². The summed E-state index contributed by atoms with van der Waals surface area (Å²) in [7, 11) is -1.48. The molecule has 1 aliphatic rings. The van der Waals surface area contributed by atoms with Crippen molar-refractivity contribution in [3.8, 4) is 0 Å². The molecule has 1 aliphatic heterocycles. The molecule has 3 atom stereocenters. The van der Waals surface area contributed by atoms with E-state index in [0.717, 1.165) is 0 Å². The minimum Gasteiger partial charge on any atom is -0.458 e. The molecule has 1 fully saturated rings. The van der Waals surface area contributed by atoms with Crippen molar-refractivity contribution in [2.24, 2.45) is 5.92 Å². The van der Waals surface area contributed by atoms with Gasteiger partial charge in [0.1, 0.15) is 19.3 Å². The first-order valence-corrected chi connectivity index (χ1v) is 12.0. The summed E-state index contributed by atoms with van der Waals surface area (Å²) >= 11 is 3.79. The quantitative estimate of drug-likeness (QED) is 0.291. The van der Waals surface area contributed by atoms with E-state index in [1.54, 1.807) is 0 Å². The SMILES string of the molecule is C=CCOC(=O)c1ccc(S(C)=O)c(NC(=O)[C@@H]2C[C@@H](CC(=O)S)CN2C(=O)OCC=C)c1. The lowest BCUT2D eigenvalue weighted by atomic mass is 10.0. The van der Waals surface area contributed by atoms with Crippen molar-refractivity contribution < 1.29 is 32.9 Å². The molecule has 1 aromatic rings. The fourth-order valence-electron chi connectivity index (χ4n) is 3.42. The van der Waals surface area contributed by atoms with Gasteiger partial charge < -0.3 is 14.8 Å². The third-order valence-electron chi connectivity index (χ3n) is 4.83. The average molecular weight is 495 g/mol. The smallest absolute Gasteiger partial charge is 0.410 e. The van der Waals surface area contributed by atoms with Gasteiger partial charge in [0.15, 0.2) is 5.12 Å². The molecule has 1 aromatic carbocycles. The lowest BCUT2D eigenvalue weighted by Gasteiger charge is -2.23. The maximum atomic E-state index is 13.1. The number of nitrogens with one attached hydrogen (secondary N) is 1. The molecule has 0 saturated carbocycles. The second-order valence-corrected chi connectivity index (χ2v) is 9.12. The Morgan fingerprint density at radius 1 is 1.21 bits per heavy atom. The Labute approximate surface area is 200 Å². The van der Waals surface area contributed by atoms with Crippen LogP contribution in [0.25, 0.3) is 0 Å². The number of amides is 2. The molecule has 9 nitrogen and oxygen atoms in total. The van der Waals surface area contributed by atoms with Crippen LogP contribution in [0, 0.1) is 5.92 Å². The highest BCUT2D eigenvalue weighted by atomic mass is 32.2. The fraction of sp³-hybridized carbons (Fsp3) is 0.364. The minimum absolute atomic E-state index is 0.0110. The Bertz CT molecular complexity index is 979. The molecule has 1 unspecified atom stereocenters. The lowest BCUT2D eigenvalue weighted by molar-refractivity contribution is -0.120. The van der Waals surface area contributed by atoms with Gasteiger partial charge in [-0.2, -0.15) is 0 Å². The van der Waals surface area contributed by atoms with Gasteiger partial charge in [0.05, 0.1) is 26.9 Å². The van der Waals surface area contributed by atoms with E-state index >= 15 is 0 Å². The van der Waals surface area contributed by atoms with Crippen LogP contribution >= 0.6 is 12.6 Å². The second-order valence-electron chi connectivity index (χ2n) is 7.27. The molecule has 2 amide bonds. The van der Waals surface area contributed by atoms with E-state index in [1.165, 1.54) is 41.5 Å². The standard InChI is InChI=1S/C22H26N2O7S2/c1-4-8-30-21(27)15-6-7-18(33(3)29)16(12-15)23-20(26)17-10-14(11-19(25)32)13-24(17)22(28)31-9-5-2/h4-7,12,14,17H,1-2,8-11,13H2,3H3,(H,23,26)(H,25,32)/t14-,17-,33?/m0/s1. The van der Waals surface area contributed by atoms with Crippen molar-refractivity contribution in [1.29, 1.82) is 0 Å². The van der Waals surface area contributed by atoms with E-state index in [0.29, 0.717) is 4.90 Å². The predicted molar refractivity (Wildman–Crippen MR) is 127 cm³/mol. The monoisotopic (exact) mass is 494 g/mol. The van der Waals surface area contributed by atoms with Gasteiger partial charge in [-0.1, -0.05) is 25.3 Å². The number of anilines is 1. The molecule has 33 heavy (non-hydrogen) atoms. The molecule has 0 aromatic heterocycles. The van der Waals surface area contributed by atoms with E-state index in [9.17, 15) is 23.4 Å². The van der Waals surface area contributed by atoms with E-state index in [2.05, 4.69) is 31.1 Å². The number of nitrogens with zero attached hydrogens (tertiary/aromatic N) is 1. The zero-order valence-corrected chi connectivity index (χ0v) is 19.9. The summed E-state index contributed by atoms with van der Waals surface area (Å²) in [4.78, 5) is 50.8. The van der Waals surface area contributed by atoms with Gasteiger partial charge in [-0.25, -0.2) is 9.59 Å². The molecule has 1 heterocycles. The Morgan fingerprint density at radius 3 is 2.48 bits per heavy atom. The topological polar surface area (TPSA) is 119 Å².